The van der Waals surface area contributed by atoms with E-state index in [1.807, 2.05) is 20.8 Å². The summed E-state index contributed by atoms with van der Waals surface area (Å²) in [4.78, 5) is 38.7. The maximum absolute atomic E-state index is 13.1. The zero-order chi connectivity index (χ0) is 20.4. The number of ether oxygens (including phenoxy) is 1. The summed E-state index contributed by atoms with van der Waals surface area (Å²) in [6.45, 7) is 8.13. The van der Waals surface area contributed by atoms with Crippen molar-refractivity contribution in [1.82, 2.24) is 14.6 Å². The predicted molar refractivity (Wildman–Crippen MR) is 102 cm³/mol. The Kier molecular flexibility index (Phi) is 6.42. The van der Waals surface area contributed by atoms with Gasteiger partial charge in [-0.3, -0.25) is 14.4 Å². The molecule has 1 aliphatic rings. The molecular weight excluding hydrogens is 370 g/mol. The number of rotatable bonds is 6. The molecule has 3 amide bonds. The van der Waals surface area contributed by atoms with E-state index >= 15 is 0 Å². The molecule has 0 spiro atoms. The molecule has 9 nitrogen and oxygen atoms in total. The van der Waals surface area contributed by atoms with Crippen LogP contribution in [-0.2, 0) is 9.53 Å². The second-order valence-electron chi connectivity index (χ2n) is 7.65. The first kappa shape index (κ1) is 21.1. The smallest absolute Gasteiger partial charge is 0.270 e. The molecule has 0 bridgehead atoms. The summed E-state index contributed by atoms with van der Waals surface area (Å²) in [6.07, 6.45) is 1.56. The molecule has 1 aromatic rings. The van der Waals surface area contributed by atoms with Crippen LogP contribution in [0.5, 0.6) is 0 Å². The van der Waals surface area contributed by atoms with Gasteiger partial charge in [0.25, 0.3) is 11.8 Å². The van der Waals surface area contributed by atoms with Crippen LogP contribution in [0.3, 0.4) is 0 Å². The molecule has 1 fully saturated rings. The van der Waals surface area contributed by atoms with Crippen LogP contribution in [0.2, 0.25) is 0 Å². The molecule has 10 heteroatoms. The number of nitrogen functional groups attached to an aromatic ring is 1. The van der Waals surface area contributed by atoms with Crippen molar-refractivity contribution in [3.05, 3.63) is 10.6 Å². The maximum Gasteiger partial charge on any atom is 0.270 e. The lowest BCUT2D eigenvalue weighted by Crippen LogP contribution is -2.54. The van der Waals surface area contributed by atoms with E-state index in [0.717, 1.165) is 24.4 Å². The van der Waals surface area contributed by atoms with Gasteiger partial charge in [-0.1, -0.05) is 0 Å². The van der Waals surface area contributed by atoms with E-state index in [9.17, 15) is 14.4 Å². The van der Waals surface area contributed by atoms with Crippen molar-refractivity contribution in [3.63, 3.8) is 0 Å². The maximum atomic E-state index is 13.1. The minimum absolute atomic E-state index is 0.0572. The van der Waals surface area contributed by atoms with Crippen LogP contribution in [0, 0.1) is 0 Å². The summed E-state index contributed by atoms with van der Waals surface area (Å²) in [5.74, 6) is -1.55. The molecule has 1 aliphatic heterocycles. The molecule has 2 heterocycles. The fourth-order valence-corrected chi connectivity index (χ4v) is 3.56. The third kappa shape index (κ3) is 5.16. The van der Waals surface area contributed by atoms with Crippen molar-refractivity contribution >= 4 is 34.9 Å². The van der Waals surface area contributed by atoms with Gasteiger partial charge in [-0.25, -0.2) is 0 Å². The number of nitrogens with zero attached hydrogens (tertiary/aromatic N) is 2. The van der Waals surface area contributed by atoms with Crippen LogP contribution >= 0.6 is 11.5 Å². The summed E-state index contributed by atoms with van der Waals surface area (Å²) in [7, 11) is 0. The fraction of sp³-hybridized carbons (Fsp3) is 0.647. The van der Waals surface area contributed by atoms with Crippen LogP contribution in [0.15, 0.2) is 0 Å². The van der Waals surface area contributed by atoms with Gasteiger partial charge in [-0.2, -0.15) is 4.37 Å². The van der Waals surface area contributed by atoms with Gasteiger partial charge in [-0.15, -0.1) is 0 Å². The topological polar surface area (TPSA) is 141 Å². The van der Waals surface area contributed by atoms with Crippen molar-refractivity contribution < 1.29 is 19.1 Å². The highest BCUT2D eigenvalue weighted by Gasteiger charge is 2.34. The van der Waals surface area contributed by atoms with Gasteiger partial charge in [0, 0.05) is 18.7 Å². The Morgan fingerprint density at radius 3 is 2.56 bits per heavy atom. The van der Waals surface area contributed by atoms with Crippen molar-refractivity contribution in [1.29, 1.82) is 0 Å². The number of amides is 3. The molecule has 2 rings (SSSR count). The number of hydrogen-bond donors (Lipinski definition) is 3. The quantitative estimate of drug-likeness (QED) is 0.647. The third-order valence-corrected chi connectivity index (χ3v) is 5.04. The van der Waals surface area contributed by atoms with E-state index in [2.05, 4.69) is 9.69 Å². The van der Waals surface area contributed by atoms with Crippen molar-refractivity contribution in [2.24, 2.45) is 5.73 Å². The highest BCUT2D eigenvalue weighted by atomic mass is 32.1. The Balaban J connectivity index is 2.29. The first-order valence-corrected chi connectivity index (χ1v) is 9.58. The van der Waals surface area contributed by atoms with Gasteiger partial charge in [-0.05, 0) is 52.1 Å². The molecule has 27 heavy (non-hydrogen) atoms. The first-order valence-electron chi connectivity index (χ1n) is 8.80. The lowest BCUT2D eigenvalue weighted by molar-refractivity contribution is -0.127. The number of carbonyl (C=O) groups excluding carboxylic acids is 3. The van der Waals surface area contributed by atoms with Gasteiger partial charge in [0.15, 0.2) is 5.69 Å². The number of nitrogens with one attached hydrogen (secondary N) is 1. The summed E-state index contributed by atoms with van der Waals surface area (Å²) >= 11 is 0.802. The van der Waals surface area contributed by atoms with Crippen molar-refractivity contribution in [3.8, 4) is 0 Å². The normalized spacial score (nSPS) is 18.1. The van der Waals surface area contributed by atoms with Gasteiger partial charge >= 0.3 is 0 Å². The minimum atomic E-state index is -0.799. The Labute approximate surface area is 162 Å². The molecule has 1 aromatic heterocycles. The number of aromatic nitrogens is 1. The van der Waals surface area contributed by atoms with Crippen LogP contribution in [-0.4, -0.2) is 57.8 Å². The standard InChI is InChI=1S/C17H27N5O4S/c1-9(15(24)20-17(2,3)4)22(8-10-6-5-7-26-10)16(25)13-11(18)12(14(19)23)21-27-13/h9-10H,5-8,18H2,1-4H3,(H2,19,23)(H,20,24)/t9-,10-/m0/s1. The molecule has 0 radical (unpaired) electrons. The largest absolute Gasteiger partial charge is 0.395 e. The molecular formula is C17H27N5O4S. The summed E-state index contributed by atoms with van der Waals surface area (Å²) < 4.78 is 9.51. The second kappa shape index (κ2) is 8.22. The average molecular weight is 398 g/mol. The first-order chi connectivity index (χ1) is 12.5. The van der Waals surface area contributed by atoms with E-state index in [1.165, 1.54) is 4.90 Å². The van der Waals surface area contributed by atoms with Crippen molar-refractivity contribution in [2.75, 3.05) is 18.9 Å². The number of carbonyl (C=O) groups is 3. The number of nitrogens with two attached hydrogens (primary N) is 2. The molecule has 0 aromatic carbocycles. The van der Waals surface area contributed by atoms with Crippen LogP contribution in [0.4, 0.5) is 5.69 Å². The Hall–Kier alpha value is -2.20. The van der Waals surface area contributed by atoms with Crippen LogP contribution in [0.1, 0.15) is 60.7 Å². The lowest BCUT2D eigenvalue weighted by atomic mass is 10.1. The second-order valence-corrected chi connectivity index (χ2v) is 8.42. The average Bonchev–Trinajstić information content (AvgIpc) is 3.19. The highest BCUT2D eigenvalue weighted by Crippen LogP contribution is 2.25. The fourth-order valence-electron chi connectivity index (χ4n) is 2.80. The van der Waals surface area contributed by atoms with E-state index in [0.29, 0.717) is 6.61 Å². The molecule has 1 saturated heterocycles. The number of primary amides is 1. The third-order valence-electron chi connectivity index (χ3n) is 4.19. The van der Waals surface area contributed by atoms with E-state index in [-0.39, 0.29) is 34.8 Å². The monoisotopic (exact) mass is 397 g/mol. The molecule has 0 unspecified atom stereocenters. The van der Waals surface area contributed by atoms with Crippen LogP contribution < -0.4 is 16.8 Å². The minimum Gasteiger partial charge on any atom is -0.395 e. The Morgan fingerprint density at radius 1 is 1.41 bits per heavy atom. The zero-order valence-corrected chi connectivity index (χ0v) is 16.9. The van der Waals surface area contributed by atoms with Gasteiger partial charge in [0.05, 0.1) is 11.8 Å². The number of hydrogen-bond acceptors (Lipinski definition) is 7. The van der Waals surface area contributed by atoms with E-state index in [1.54, 1.807) is 6.92 Å². The van der Waals surface area contributed by atoms with Gasteiger partial charge < -0.3 is 26.4 Å². The van der Waals surface area contributed by atoms with E-state index in [4.69, 9.17) is 16.2 Å². The molecule has 2 atom stereocenters. The Morgan fingerprint density at radius 2 is 2.07 bits per heavy atom. The SMILES string of the molecule is C[C@@H](C(=O)NC(C)(C)C)N(C[C@@H]1CCCO1)C(=O)c1snc(C(N)=O)c1N. The highest BCUT2D eigenvalue weighted by molar-refractivity contribution is 7.09. The Bertz CT molecular complexity index is 721. The zero-order valence-electron chi connectivity index (χ0n) is 16.1. The number of anilines is 1. The van der Waals surface area contributed by atoms with Crippen molar-refractivity contribution in [2.45, 2.75) is 58.2 Å². The molecule has 5 N–H and O–H groups in total. The predicted octanol–water partition coefficient (Wildman–Crippen LogP) is 0.749. The summed E-state index contributed by atoms with van der Waals surface area (Å²) in [5, 5.41) is 2.88. The molecule has 0 aliphatic carbocycles. The lowest BCUT2D eigenvalue weighted by Gasteiger charge is -2.32. The molecule has 0 saturated carbocycles. The van der Waals surface area contributed by atoms with Gasteiger partial charge in [0.1, 0.15) is 10.9 Å². The summed E-state index contributed by atoms with van der Waals surface area (Å²) in [5.41, 5.74) is 10.5. The van der Waals surface area contributed by atoms with E-state index < -0.39 is 23.4 Å². The van der Waals surface area contributed by atoms with Gasteiger partial charge in [0.2, 0.25) is 5.91 Å². The van der Waals surface area contributed by atoms with Crippen LogP contribution in [0.25, 0.3) is 0 Å². The molecule has 150 valence electrons. The summed E-state index contributed by atoms with van der Waals surface area (Å²) in [6, 6.07) is -0.751.